The van der Waals surface area contributed by atoms with E-state index in [2.05, 4.69) is 4.74 Å². The number of aliphatic hydroxyl groups excluding tert-OH is 1. The summed E-state index contributed by atoms with van der Waals surface area (Å²) in [6.45, 7) is -2.62. The van der Waals surface area contributed by atoms with E-state index in [9.17, 15) is 37.1 Å². The minimum atomic E-state index is -4.63. The lowest BCUT2D eigenvalue weighted by Gasteiger charge is -2.28. The van der Waals surface area contributed by atoms with Gasteiger partial charge in [0, 0.05) is 19.5 Å². The number of ether oxygens (including phenoxy) is 1. The summed E-state index contributed by atoms with van der Waals surface area (Å²) < 4.78 is 54.8. The number of aliphatic hydroxyl groups is 1. The van der Waals surface area contributed by atoms with Crippen LogP contribution >= 0.6 is 0 Å². The monoisotopic (exact) mass is 420 g/mol. The number of halogens is 4. The molecule has 0 aliphatic carbocycles. The molecule has 1 aromatic carbocycles. The molecule has 0 spiro atoms. The molecule has 29 heavy (non-hydrogen) atoms. The van der Waals surface area contributed by atoms with Gasteiger partial charge in [-0.25, -0.2) is 4.39 Å². The van der Waals surface area contributed by atoms with Gasteiger partial charge in [-0.3, -0.25) is 14.4 Å². The zero-order valence-corrected chi connectivity index (χ0v) is 14.8. The van der Waals surface area contributed by atoms with Crippen molar-refractivity contribution in [2.24, 2.45) is 0 Å². The lowest BCUT2D eigenvalue weighted by Crippen LogP contribution is -2.43. The van der Waals surface area contributed by atoms with Crippen LogP contribution in [0.15, 0.2) is 29.5 Å². The van der Waals surface area contributed by atoms with Gasteiger partial charge < -0.3 is 25.2 Å². The van der Waals surface area contributed by atoms with Crippen molar-refractivity contribution in [2.45, 2.75) is 19.1 Å². The maximum absolute atomic E-state index is 14.0. The number of rotatable bonds is 7. The number of hydrogen-bond acceptors (Lipinski definition) is 5. The third kappa shape index (κ3) is 6.09. The lowest BCUT2D eigenvalue weighted by molar-refractivity contribution is -0.153. The second-order valence-corrected chi connectivity index (χ2v) is 6.04. The number of nitrogens with zero attached hydrogens (tertiary/aromatic N) is 1. The number of alkyl halides is 3. The van der Waals surface area contributed by atoms with Crippen molar-refractivity contribution in [2.75, 3.05) is 19.7 Å². The third-order valence-electron chi connectivity index (χ3n) is 3.80. The number of carbonyl (C=O) groups excluding carboxylic acids is 2. The molecule has 8 nitrogen and oxygen atoms in total. The summed E-state index contributed by atoms with van der Waals surface area (Å²) in [7, 11) is 0. The molecule has 1 aromatic rings. The third-order valence-corrected chi connectivity index (χ3v) is 3.80. The van der Waals surface area contributed by atoms with E-state index in [0.29, 0.717) is 0 Å². The Bertz CT molecular complexity index is 853. The quantitative estimate of drug-likeness (QED) is 0.455. The van der Waals surface area contributed by atoms with Crippen LogP contribution in [0.2, 0.25) is 0 Å². The maximum Gasteiger partial charge on any atom is 0.422 e. The molecule has 0 saturated carbocycles. The SMILES string of the molecule is O=C(O)CNC(=O)C1=C(O)CCN(Cc2ccc(OCC(F)(F)F)c(F)c2)C1=O. The highest BCUT2D eigenvalue weighted by molar-refractivity contribution is 6.19. The second-order valence-electron chi connectivity index (χ2n) is 6.04. The normalized spacial score (nSPS) is 14.8. The van der Waals surface area contributed by atoms with E-state index in [1.807, 2.05) is 5.32 Å². The number of nitrogens with one attached hydrogen (secondary N) is 1. The molecule has 3 N–H and O–H groups in total. The molecule has 1 aliphatic rings. The van der Waals surface area contributed by atoms with Crippen LogP contribution in [0.1, 0.15) is 12.0 Å². The maximum atomic E-state index is 14.0. The molecule has 1 heterocycles. The van der Waals surface area contributed by atoms with Gasteiger partial charge in [-0.1, -0.05) is 6.07 Å². The van der Waals surface area contributed by atoms with Gasteiger partial charge in [0.1, 0.15) is 17.9 Å². The molecule has 2 rings (SSSR count). The van der Waals surface area contributed by atoms with Crippen LogP contribution in [0, 0.1) is 5.82 Å². The second kappa shape index (κ2) is 8.80. The molecule has 0 bridgehead atoms. The molecule has 0 fully saturated rings. The van der Waals surface area contributed by atoms with Gasteiger partial charge in [-0.2, -0.15) is 13.2 Å². The Morgan fingerprint density at radius 3 is 2.55 bits per heavy atom. The number of hydrogen-bond donors (Lipinski definition) is 3. The van der Waals surface area contributed by atoms with Crippen LogP contribution in [0.4, 0.5) is 17.6 Å². The fourth-order valence-corrected chi connectivity index (χ4v) is 2.51. The van der Waals surface area contributed by atoms with E-state index in [-0.39, 0.29) is 25.1 Å². The van der Waals surface area contributed by atoms with Crippen molar-refractivity contribution in [3.63, 3.8) is 0 Å². The van der Waals surface area contributed by atoms with E-state index in [0.717, 1.165) is 17.0 Å². The number of aliphatic carboxylic acids is 1. The van der Waals surface area contributed by atoms with Gasteiger partial charge in [0.25, 0.3) is 11.8 Å². The number of benzene rings is 1. The number of carboxylic acid groups (broad SMARTS) is 1. The van der Waals surface area contributed by atoms with Crippen LogP contribution in [0.25, 0.3) is 0 Å². The molecule has 0 aromatic heterocycles. The van der Waals surface area contributed by atoms with E-state index < -0.39 is 60.0 Å². The van der Waals surface area contributed by atoms with Gasteiger partial charge in [-0.15, -0.1) is 0 Å². The molecule has 12 heteroatoms. The first-order chi connectivity index (χ1) is 13.5. The smallest absolute Gasteiger partial charge is 0.422 e. The van der Waals surface area contributed by atoms with Gasteiger partial charge >= 0.3 is 12.1 Å². The minimum absolute atomic E-state index is 0.00563. The van der Waals surface area contributed by atoms with Crippen molar-refractivity contribution < 1.29 is 46.9 Å². The van der Waals surface area contributed by atoms with Crippen molar-refractivity contribution in [3.8, 4) is 5.75 Å². The highest BCUT2D eigenvalue weighted by Crippen LogP contribution is 2.24. The van der Waals surface area contributed by atoms with Crippen molar-refractivity contribution in [3.05, 3.63) is 40.9 Å². The summed E-state index contributed by atoms with van der Waals surface area (Å²) in [6.07, 6.45) is -4.71. The molecular weight excluding hydrogens is 404 g/mol. The summed E-state index contributed by atoms with van der Waals surface area (Å²) in [5, 5.41) is 20.4. The Morgan fingerprint density at radius 2 is 1.97 bits per heavy atom. The van der Waals surface area contributed by atoms with E-state index in [1.165, 1.54) is 6.07 Å². The van der Waals surface area contributed by atoms with E-state index >= 15 is 0 Å². The number of carbonyl (C=O) groups is 3. The van der Waals surface area contributed by atoms with E-state index in [1.54, 1.807) is 0 Å². The summed E-state index contributed by atoms with van der Waals surface area (Å²) in [6, 6.07) is 3.13. The minimum Gasteiger partial charge on any atom is -0.511 e. The van der Waals surface area contributed by atoms with Crippen LogP contribution in [0.5, 0.6) is 5.75 Å². The van der Waals surface area contributed by atoms with Crippen LogP contribution in [-0.2, 0) is 20.9 Å². The summed E-state index contributed by atoms with van der Waals surface area (Å²) in [5.74, 6) is -5.48. The fourth-order valence-electron chi connectivity index (χ4n) is 2.51. The zero-order valence-electron chi connectivity index (χ0n) is 14.8. The molecule has 1 aliphatic heterocycles. The molecule has 0 atom stereocenters. The van der Waals surface area contributed by atoms with Crippen LogP contribution in [0.3, 0.4) is 0 Å². The van der Waals surface area contributed by atoms with Gasteiger partial charge in [-0.05, 0) is 17.7 Å². The predicted octanol–water partition coefficient (Wildman–Crippen LogP) is 1.51. The fraction of sp³-hybridized carbons (Fsp3) is 0.353. The highest BCUT2D eigenvalue weighted by Gasteiger charge is 2.32. The summed E-state index contributed by atoms with van der Waals surface area (Å²) in [4.78, 5) is 36.0. The first-order valence-corrected chi connectivity index (χ1v) is 8.17. The number of carboxylic acids is 1. The van der Waals surface area contributed by atoms with Gasteiger partial charge in [0.05, 0.1) is 0 Å². The molecular formula is C17H16F4N2O6. The van der Waals surface area contributed by atoms with Crippen LogP contribution in [-0.4, -0.2) is 58.8 Å². The predicted molar refractivity (Wildman–Crippen MR) is 88.3 cm³/mol. The Balaban J connectivity index is 2.08. The molecule has 2 amide bonds. The van der Waals surface area contributed by atoms with Crippen molar-refractivity contribution in [1.29, 1.82) is 0 Å². The number of amides is 2. The van der Waals surface area contributed by atoms with Crippen LogP contribution < -0.4 is 10.1 Å². The molecule has 0 unspecified atom stereocenters. The van der Waals surface area contributed by atoms with Gasteiger partial charge in [0.2, 0.25) is 0 Å². The summed E-state index contributed by atoms with van der Waals surface area (Å²) in [5.41, 5.74) is -0.412. The summed E-state index contributed by atoms with van der Waals surface area (Å²) >= 11 is 0. The van der Waals surface area contributed by atoms with Crippen molar-refractivity contribution >= 4 is 17.8 Å². The standard InChI is InChI=1S/C17H16F4N2O6/c18-10-5-9(1-2-12(10)29-8-17(19,20)21)7-23-4-3-11(24)14(16(23)28)15(27)22-6-13(25)26/h1-2,5,24H,3-4,6-8H2,(H,22,27)(H,25,26). The Morgan fingerprint density at radius 1 is 1.28 bits per heavy atom. The average Bonchev–Trinajstić information content (AvgIpc) is 2.61. The largest absolute Gasteiger partial charge is 0.511 e. The van der Waals surface area contributed by atoms with Gasteiger partial charge in [0.15, 0.2) is 18.2 Å². The Labute approximate surface area is 161 Å². The molecule has 0 saturated heterocycles. The Hall–Kier alpha value is -3.31. The highest BCUT2D eigenvalue weighted by atomic mass is 19.4. The van der Waals surface area contributed by atoms with Crippen molar-refractivity contribution in [1.82, 2.24) is 10.2 Å². The lowest BCUT2D eigenvalue weighted by atomic mass is 10.0. The average molecular weight is 420 g/mol. The topological polar surface area (TPSA) is 116 Å². The first-order valence-electron chi connectivity index (χ1n) is 8.17. The molecule has 158 valence electrons. The first kappa shape index (κ1) is 22.0. The zero-order chi connectivity index (χ0) is 21.8. The van der Waals surface area contributed by atoms with E-state index in [4.69, 9.17) is 5.11 Å². The Kier molecular flexibility index (Phi) is 6.67. The molecule has 0 radical (unpaired) electrons.